The first-order chi connectivity index (χ1) is 7.81. The van der Waals surface area contributed by atoms with E-state index in [-0.39, 0.29) is 0 Å². The number of benzene rings is 1. The Kier molecular flexibility index (Phi) is 3.85. The second kappa shape index (κ2) is 5.37. The van der Waals surface area contributed by atoms with Gasteiger partial charge in [0.1, 0.15) is 0 Å². The van der Waals surface area contributed by atoms with E-state index in [0.717, 1.165) is 5.02 Å². The second-order valence-electron chi connectivity index (χ2n) is 4.56. The van der Waals surface area contributed by atoms with E-state index < -0.39 is 0 Å². The van der Waals surface area contributed by atoms with Crippen LogP contribution in [0.3, 0.4) is 0 Å². The fraction of sp³-hybridized carbons (Fsp3) is 0.500. The van der Waals surface area contributed by atoms with Gasteiger partial charge in [-0.05, 0) is 42.4 Å². The largest absolute Gasteiger partial charge is 0.198 e. The summed E-state index contributed by atoms with van der Waals surface area (Å²) in [6.07, 6.45) is 5.66. The minimum Gasteiger partial charge on any atom is -0.198 e. The van der Waals surface area contributed by atoms with Crippen LogP contribution >= 0.6 is 11.6 Å². The van der Waals surface area contributed by atoms with Gasteiger partial charge in [0.2, 0.25) is 0 Å². The van der Waals surface area contributed by atoms with Crippen molar-refractivity contribution in [2.24, 2.45) is 5.92 Å². The van der Waals surface area contributed by atoms with Crippen molar-refractivity contribution in [2.75, 3.05) is 0 Å². The molecule has 1 aliphatic carbocycles. The SMILES string of the molecule is N#CCC1CCCCC1c1ccc(Cl)cc1. The molecule has 0 N–H and O–H groups in total. The number of halogens is 1. The van der Waals surface area contributed by atoms with E-state index in [1.54, 1.807) is 0 Å². The quantitative estimate of drug-likeness (QED) is 0.737. The number of hydrogen-bond acceptors (Lipinski definition) is 1. The van der Waals surface area contributed by atoms with Crippen LogP contribution in [-0.4, -0.2) is 0 Å². The lowest BCUT2D eigenvalue weighted by molar-refractivity contribution is 0.312. The second-order valence-corrected chi connectivity index (χ2v) is 5.00. The summed E-state index contributed by atoms with van der Waals surface area (Å²) in [7, 11) is 0. The van der Waals surface area contributed by atoms with Gasteiger partial charge in [-0.15, -0.1) is 0 Å². The van der Waals surface area contributed by atoms with Gasteiger partial charge < -0.3 is 0 Å². The van der Waals surface area contributed by atoms with Crippen molar-refractivity contribution >= 4 is 11.6 Å². The predicted octanol–water partition coefficient (Wildman–Crippen LogP) is 4.53. The fourth-order valence-corrected chi connectivity index (χ4v) is 2.84. The van der Waals surface area contributed by atoms with Crippen LogP contribution in [0, 0.1) is 17.2 Å². The molecule has 0 radical (unpaired) electrons. The van der Waals surface area contributed by atoms with Crippen LogP contribution in [0.15, 0.2) is 24.3 Å². The van der Waals surface area contributed by atoms with Crippen molar-refractivity contribution in [2.45, 2.75) is 38.0 Å². The first kappa shape index (κ1) is 11.5. The summed E-state index contributed by atoms with van der Waals surface area (Å²) in [5, 5.41) is 9.64. The highest BCUT2D eigenvalue weighted by atomic mass is 35.5. The van der Waals surface area contributed by atoms with Gasteiger partial charge in [0.15, 0.2) is 0 Å². The van der Waals surface area contributed by atoms with Crippen LogP contribution in [0.5, 0.6) is 0 Å². The first-order valence-corrected chi connectivity index (χ1v) is 6.31. The summed E-state index contributed by atoms with van der Waals surface area (Å²) in [5.74, 6) is 1.10. The zero-order chi connectivity index (χ0) is 11.4. The third-order valence-electron chi connectivity index (χ3n) is 3.56. The Hall–Kier alpha value is -1.00. The molecular weight excluding hydrogens is 218 g/mol. The molecule has 1 saturated carbocycles. The molecule has 0 bridgehead atoms. The molecule has 84 valence electrons. The van der Waals surface area contributed by atoms with Crippen LogP contribution in [0.4, 0.5) is 0 Å². The zero-order valence-electron chi connectivity index (χ0n) is 9.32. The van der Waals surface area contributed by atoms with Crippen LogP contribution in [-0.2, 0) is 0 Å². The minimum absolute atomic E-state index is 0.542. The van der Waals surface area contributed by atoms with Crippen LogP contribution in [0.2, 0.25) is 5.02 Å². The lowest BCUT2D eigenvalue weighted by Gasteiger charge is -2.30. The molecule has 1 aromatic carbocycles. The van der Waals surface area contributed by atoms with E-state index in [4.69, 9.17) is 16.9 Å². The Labute approximate surface area is 102 Å². The molecule has 0 heterocycles. The molecule has 1 aromatic rings. The Bertz CT molecular complexity index is 377. The highest BCUT2D eigenvalue weighted by Crippen LogP contribution is 2.39. The standard InChI is InChI=1S/C14H16ClN/c15-13-7-5-12(6-8-13)14-4-2-1-3-11(14)9-10-16/h5-8,11,14H,1-4,9H2. The molecule has 0 amide bonds. The maximum Gasteiger partial charge on any atom is 0.0624 e. The molecule has 2 heteroatoms. The molecule has 2 rings (SSSR count). The molecule has 2 unspecified atom stereocenters. The third kappa shape index (κ3) is 2.57. The highest BCUT2D eigenvalue weighted by Gasteiger charge is 2.25. The van der Waals surface area contributed by atoms with Crippen LogP contribution < -0.4 is 0 Å². The Balaban J connectivity index is 2.16. The zero-order valence-corrected chi connectivity index (χ0v) is 10.1. The smallest absolute Gasteiger partial charge is 0.0624 e. The summed E-state index contributed by atoms with van der Waals surface area (Å²) in [6, 6.07) is 10.5. The van der Waals surface area contributed by atoms with Crippen molar-refractivity contribution in [3.63, 3.8) is 0 Å². The van der Waals surface area contributed by atoms with Gasteiger partial charge in [-0.2, -0.15) is 5.26 Å². The molecule has 1 aliphatic rings. The average molecular weight is 234 g/mol. The number of nitriles is 1. The highest BCUT2D eigenvalue weighted by molar-refractivity contribution is 6.30. The van der Waals surface area contributed by atoms with Crippen molar-refractivity contribution in [3.8, 4) is 6.07 Å². The lowest BCUT2D eigenvalue weighted by Crippen LogP contribution is -2.17. The van der Waals surface area contributed by atoms with E-state index in [2.05, 4.69) is 18.2 Å². The minimum atomic E-state index is 0.542. The van der Waals surface area contributed by atoms with Gasteiger partial charge >= 0.3 is 0 Å². The molecule has 1 fully saturated rings. The summed E-state index contributed by atoms with van der Waals surface area (Å²) in [4.78, 5) is 0. The van der Waals surface area contributed by atoms with E-state index in [1.807, 2.05) is 12.1 Å². The normalized spacial score (nSPS) is 25.0. The lowest BCUT2D eigenvalue weighted by atomic mass is 9.74. The predicted molar refractivity (Wildman–Crippen MR) is 66.4 cm³/mol. The molecule has 0 aliphatic heterocycles. The summed E-state index contributed by atoms with van der Waals surface area (Å²) in [6.45, 7) is 0. The number of rotatable bonds is 2. The Morgan fingerprint density at radius 1 is 1.19 bits per heavy atom. The fourth-order valence-electron chi connectivity index (χ4n) is 2.72. The van der Waals surface area contributed by atoms with Crippen molar-refractivity contribution in [1.82, 2.24) is 0 Å². The van der Waals surface area contributed by atoms with Crippen molar-refractivity contribution < 1.29 is 0 Å². The molecule has 16 heavy (non-hydrogen) atoms. The van der Waals surface area contributed by atoms with Gasteiger partial charge in [0, 0.05) is 11.4 Å². The number of nitrogens with zero attached hydrogens (tertiary/aromatic N) is 1. The summed E-state index contributed by atoms with van der Waals surface area (Å²) in [5.41, 5.74) is 1.35. The molecule has 0 saturated heterocycles. The van der Waals surface area contributed by atoms with Crippen molar-refractivity contribution in [1.29, 1.82) is 5.26 Å². The molecule has 2 atom stereocenters. The van der Waals surface area contributed by atoms with Crippen LogP contribution in [0.25, 0.3) is 0 Å². The topological polar surface area (TPSA) is 23.8 Å². The third-order valence-corrected chi connectivity index (χ3v) is 3.81. The monoisotopic (exact) mass is 233 g/mol. The maximum absolute atomic E-state index is 8.86. The van der Waals surface area contributed by atoms with E-state index in [1.165, 1.54) is 31.2 Å². The molecule has 0 aromatic heterocycles. The summed E-state index contributed by atoms with van der Waals surface area (Å²) >= 11 is 5.90. The van der Waals surface area contributed by atoms with Crippen LogP contribution in [0.1, 0.15) is 43.6 Å². The molecule has 1 nitrogen and oxygen atoms in total. The maximum atomic E-state index is 8.86. The van der Waals surface area contributed by atoms with Gasteiger partial charge in [-0.1, -0.05) is 36.6 Å². The Morgan fingerprint density at radius 3 is 2.56 bits per heavy atom. The van der Waals surface area contributed by atoms with E-state index in [0.29, 0.717) is 18.3 Å². The van der Waals surface area contributed by atoms with E-state index in [9.17, 15) is 0 Å². The molecule has 0 spiro atoms. The first-order valence-electron chi connectivity index (χ1n) is 5.93. The molecular formula is C14H16ClN. The van der Waals surface area contributed by atoms with E-state index >= 15 is 0 Å². The van der Waals surface area contributed by atoms with Gasteiger partial charge in [-0.3, -0.25) is 0 Å². The average Bonchev–Trinajstić information content (AvgIpc) is 2.32. The summed E-state index contributed by atoms with van der Waals surface area (Å²) < 4.78 is 0. The Morgan fingerprint density at radius 2 is 1.88 bits per heavy atom. The van der Waals surface area contributed by atoms with Gasteiger partial charge in [-0.25, -0.2) is 0 Å². The van der Waals surface area contributed by atoms with Gasteiger partial charge in [0.05, 0.1) is 6.07 Å². The van der Waals surface area contributed by atoms with Gasteiger partial charge in [0.25, 0.3) is 0 Å². The number of hydrogen-bond donors (Lipinski definition) is 0. The van der Waals surface area contributed by atoms with Crippen molar-refractivity contribution in [3.05, 3.63) is 34.9 Å².